The molecule has 0 radical (unpaired) electrons. The van der Waals surface area contributed by atoms with Gasteiger partial charge in [0, 0.05) is 24.6 Å². The monoisotopic (exact) mass is 324 g/mol. The summed E-state index contributed by atoms with van der Waals surface area (Å²) in [5.41, 5.74) is 1.43. The van der Waals surface area contributed by atoms with E-state index in [0.29, 0.717) is 5.69 Å². The Morgan fingerprint density at radius 2 is 1.91 bits per heavy atom. The Hall–Kier alpha value is -2.29. The van der Waals surface area contributed by atoms with Gasteiger partial charge < -0.3 is 4.90 Å². The lowest BCUT2D eigenvalue weighted by molar-refractivity contribution is -0.117. The third-order valence-electron chi connectivity index (χ3n) is 3.48. The summed E-state index contributed by atoms with van der Waals surface area (Å²) in [6.45, 7) is 0.199. The number of amides is 1. The lowest BCUT2D eigenvalue weighted by Gasteiger charge is -2.16. The summed E-state index contributed by atoms with van der Waals surface area (Å²) in [5.74, 6) is -1.34. The first-order chi connectivity index (χ1) is 10.4. The summed E-state index contributed by atoms with van der Waals surface area (Å²) in [6.07, 6.45) is 3.01. The van der Waals surface area contributed by atoms with Crippen LogP contribution in [0.25, 0.3) is 5.69 Å². The van der Waals surface area contributed by atoms with Crippen molar-refractivity contribution in [2.45, 2.75) is 6.42 Å². The molecule has 1 aromatic heterocycles. The zero-order valence-corrected chi connectivity index (χ0v) is 12.3. The van der Waals surface area contributed by atoms with Crippen molar-refractivity contribution in [3.05, 3.63) is 36.9 Å². The van der Waals surface area contributed by atoms with Crippen molar-refractivity contribution in [2.24, 2.45) is 5.92 Å². The molecule has 0 N–H and O–H groups in total. The predicted molar refractivity (Wildman–Crippen MR) is 76.7 cm³/mol. The van der Waals surface area contributed by atoms with E-state index in [1.807, 2.05) is 0 Å². The topological polar surface area (TPSA) is 85.2 Å². The van der Waals surface area contributed by atoms with Gasteiger partial charge in [0.1, 0.15) is 12.7 Å². The fourth-order valence-electron chi connectivity index (χ4n) is 2.55. The molecule has 1 saturated heterocycles. The molecule has 1 aliphatic rings. The van der Waals surface area contributed by atoms with Crippen LogP contribution in [0.1, 0.15) is 6.42 Å². The van der Waals surface area contributed by atoms with Crippen LogP contribution < -0.4 is 4.90 Å². The second kappa shape index (κ2) is 5.48. The quantitative estimate of drug-likeness (QED) is 0.781. The number of halogens is 1. The summed E-state index contributed by atoms with van der Waals surface area (Å²) in [6, 6.07) is 7.02. The van der Waals surface area contributed by atoms with Gasteiger partial charge >= 0.3 is 10.2 Å². The highest BCUT2D eigenvalue weighted by Crippen LogP contribution is 2.27. The van der Waals surface area contributed by atoms with E-state index in [1.54, 1.807) is 35.3 Å². The summed E-state index contributed by atoms with van der Waals surface area (Å²) in [4.78, 5) is 17.3. The average Bonchev–Trinajstić information content (AvgIpc) is 3.07. The van der Waals surface area contributed by atoms with Crippen LogP contribution in [0.3, 0.4) is 0 Å². The minimum atomic E-state index is -4.57. The van der Waals surface area contributed by atoms with Crippen LogP contribution in [0, 0.1) is 5.92 Å². The lowest BCUT2D eigenvalue weighted by atomic mass is 10.1. The molecule has 116 valence electrons. The Morgan fingerprint density at radius 1 is 1.23 bits per heavy atom. The summed E-state index contributed by atoms with van der Waals surface area (Å²) < 4.78 is 35.7. The summed E-state index contributed by atoms with van der Waals surface area (Å²) in [5, 5.41) is 4.00. The third-order valence-corrected chi connectivity index (χ3v) is 4.35. The molecule has 1 unspecified atom stereocenters. The predicted octanol–water partition coefficient (Wildman–Crippen LogP) is 0.920. The molecule has 1 aliphatic heterocycles. The van der Waals surface area contributed by atoms with E-state index >= 15 is 0 Å². The lowest BCUT2D eigenvalue weighted by Crippen LogP contribution is -2.25. The van der Waals surface area contributed by atoms with Gasteiger partial charge in [-0.05, 0) is 24.3 Å². The Bertz CT molecular complexity index is 774. The largest absolute Gasteiger partial charge is 0.312 e. The molecule has 0 bridgehead atoms. The first kappa shape index (κ1) is 14.6. The van der Waals surface area contributed by atoms with Crippen molar-refractivity contribution in [3.63, 3.8) is 0 Å². The Balaban J connectivity index is 1.76. The molecule has 1 amide bonds. The Kier molecular flexibility index (Phi) is 3.65. The SMILES string of the molecule is O=C1CC(CS(=O)(=O)F)CN1c1ccc(-n2cncn2)cc1. The number of hydrogen-bond donors (Lipinski definition) is 0. The van der Waals surface area contributed by atoms with Gasteiger partial charge in [-0.2, -0.15) is 13.5 Å². The number of anilines is 1. The Morgan fingerprint density at radius 3 is 2.50 bits per heavy atom. The number of rotatable bonds is 4. The van der Waals surface area contributed by atoms with Crippen LogP contribution in [0.15, 0.2) is 36.9 Å². The van der Waals surface area contributed by atoms with Gasteiger partial charge in [0.2, 0.25) is 5.91 Å². The standard InChI is InChI=1S/C13H13FN4O3S/c14-22(20,21)7-10-5-13(19)17(6-10)11-1-3-12(4-2-11)18-9-15-8-16-18/h1-4,8-10H,5-7H2. The highest BCUT2D eigenvalue weighted by Gasteiger charge is 2.33. The highest BCUT2D eigenvalue weighted by molar-refractivity contribution is 7.86. The van der Waals surface area contributed by atoms with E-state index in [9.17, 15) is 17.1 Å². The molecule has 7 nitrogen and oxygen atoms in total. The second-order valence-electron chi connectivity index (χ2n) is 5.14. The number of nitrogens with zero attached hydrogens (tertiary/aromatic N) is 4. The maximum absolute atomic E-state index is 12.7. The molecular formula is C13H13FN4O3S. The molecule has 2 heterocycles. The zero-order chi connectivity index (χ0) is 15.7. The van der Waals surface area contributed by atoms with Crippen LogP contribution >= 0.6 is 0 Å². The molecule has 1 fully saturated rings. The molecule has 0 saturated carbocycles. The maximum Gasteiger partial charge on any atom is 0.302 e. The molecule has 3 rings (SSSR count). The fraction of sp³-hybridized carbons (Fsp3) is 0.308. The van der Waals surface area contributed by atoms with Crippen LogP contribution in [0.2, 0.25) is 0 Å². The van der Waals surface area contributed by atoms with E-state index < -0.39 is 21.9 Å². The number of benzene rings is 1. The summed E-state index contributed by atoms with van der Waals surface area (Å²) >= 11 is 0. The van der Waals surface area contributed by atoms with E-state index in [-0.39, 0.29) is 18.9 Å². The first-order valence-electron chi connectivity index (χ1n) is 6.60. The fourth-order valence-corrected chi connectivity index (χ4v) is 3.34. The average molecular weight is 324 g/mol. The van der Waals surface area contributed by atoms with Crippen LogP contribution in [-0.4, -0.2) is 41.4 Å². The van der Waals surface area contributed by atoms with Crippen molar-refractivity contribution >= 4 is 21.8 Å². The number of carbonyl (C=O) groups is 1. The molecular weight excluding hydrogens is 311 g/mol. The van der Waals surface area contributed by atoms with Gasteiger partial charge in [-0.25, -0.2) is 9.67 Å². The van der Waals surface area contributed by atoms with E-state index in [0.717, 1.165) is 5.69 Å². The number of aromatic nitrogens is 3. The zero-order valence-electron chi connectivity index (χ0n) is 11.5. The van der Waals surface area contributed by atoms with Crippen molar-refractivity contribution in [2.75, 3.05) is 17.2 Å². The normalized spacial score (nSPS) is 18.9. The van der Waals surface area contributed by atoms with Crippen molar-refractivity contribution in [3.8, 4) is 5.69 Å². The molecule has 2 aromatic rings. The van der Waals surface area contributed by atoms with Crippen LogP contribution in [-0.2, 0) is 15.0 Å². The van der Waals surface area contributed by atoms with E-state index in [1.165, 1.54) is 11.2 Å². The maximum atomic E-state index is 12.7. The van der Waals surface area contributed by atoms with Gasteiger partial charge in [0.25, 0.3) is 0 Å². The Labute approximate surface area is 126 Å². The van der Waals surface area contributed by atoms with Gasteiger partial charge in [-0.15, -0.1) is 3.89 Å². The highest BCUT2D eigenvalue weighted by atomic mass is 32.3. The third kappa shape index (κ3) is 3.14. The van der Waals surface area contributed by atoms with Crippen molar-refractivity contribution < 1.29 is 17.1 Å². The second-order valence-corrected chi connectivity index (χ2v) is 6.55. The van der Waals surface area contributed by atoms with Gasteiger partial charge in [-0.1, -0.05) is 0 Å². The van der Waals surface area contributed by atoms with E-state index in [2.05, 4.69) is 10.1 Å². The minimum absolute atomic E-state index is 0.0357. The van der Waals surface area contributed by atoms with E-state index in [4.69, 9.17) is 0 Å². The first-order valence-corrected chi connectivity index (χ1v) is 8.15. The molecule has 0 aliphatic carbocycles. The van der Waals surface area contributed by atoms with Gasteiger partial charge in [0.15, 0.2) is 0 Å². The van der Waals surface area contributed by atoms with Gasteiger partial charge in [0.05, 0.1) is 11.4 Å². The number of hydrogen-bond acceptors (Lipinski definition) is 5. The smallest absolute Gasteiger partial charge is 0.302 e. The molecule has 0 spiro atoms. The molecule has 1 aromatic carbocycles. The molecule has 22 heavy (non-hydrogen) atoms. The molecule has 9 heteroatoms. The summed E-state index contributed by atoms with van der Waals surface area (Å²) in [7, 11) is -4.57. The van der Waals surface area contributed by atoms with Crippen molar-refractivity contribution in [1.29, 1.82) is 0 Å². The molecule has 1 atom stereocenters. The van der Waals surface area contributed by atoms with Crippen molar-refractivity contribution in [1.82, 2.24) is 14.8 Å². The minimum Gasteiger partial charge on any atom is -0.312 e. The van der Waals surface area contributed by atoms with Crippen LogP contribution in [0.4, 0.5) is 9.57 Å². The van der Waals surface area contributed by atoms with Crippen LogP contribution in [0.5, 0.6) is 0 Å². The number of carbonyl (C=O) groups excluding carboxylic acids is 1. The van der Waals surface area contributed by atoms with Gasteiger partial charge in [-0.3, -0.25) is 4.79 Å².